The second-order valence-electron chi connectivity index (χ2n) is 11.8. The molecule has 1 N–H and O–H groups in total. The van der Waals surface area contributed by atoms with Gasteiger partial charge in [0.15, 0.2) is 11.5 Å². The minimum Gasteiger partial charge on any atom is -0.368 e. The molecule has 3 aromatic heterocycles. The van der Waals surface area contributed by atoms with E-state index >= 15 is 0 Å². The monoisotopic (exact) mass is 596 g/mol. The second-order valence-corrected chi connectivity index (χ2v) is 11.8. The lowest BCUT2D eigenvalue weighted by Crippen LogP contribution is -2.44. The molecule has 4 heterocycles. The number of hydrogen-bond donors (Lipinski definition) is 1. The summed E-state index contributed by atoms with van der Waals surface area (Å²) in [5.74, 6) is 0.721. The predicted molar refractivity (Wildman–Crippen MR) is 176 cm³/mol. The van der Waals surface area contributed by atoms with E-state index in [1.165, 1.54) is 39.1 Å². The number of hydrogen-bond acceptors (Lipinski definition) is 8. The number of likely N-dealkylation sites (N-methyl/N-ethyl adjacent to an activating group) is 1. The number of fused-ring (bicyclic) bond motifs is 2. The van der Waals surface area contributed by atoms with Gasteiger partial charge >= 0.3 is 0 Å². The third kappa shape index (κ3) is 5.52. The van der Waals surface area contributed by atoms with Crippen molar-refractivity contribution in [1.29, 1.82) is 0 Å². The van der Waals surface area contributed by atoms with Crippen LogP contribution in [0.15, 0.2) is 65.3 Å². The Morgan fingerprint density at radius 1 is 1.20 bits per heavy atom. The molecule has 1 saturated heterocycles. The third-order valence-corrected chi connectivity index (χ3v) is 8.22. The van der Waals surface area contributed by atoms with Crippen molar-refractivity contribution in [1.82, 2.24) is 33.8 Å². The number of carbonyl (C=O) groups is 1. The highest BCUT2D eigenvalue weighted by Crippen LogP contribution is 2.41. The van der Waals surface area contributed by atoms with E-state index in [0.29, 0.717) is 35.3 Å². The average molecular weight is 597 g/mol. The quantitative estimate of drug-likeness (QED) is 0.0963. The van der Waals surface area contributed by atoms with Gasteiger partial charge in [0.1, 0.15) is 5.39 Å². The zero-order valence-electron chi connectivity index (χ0n) is 25.8. The van der Waals surface area contributed by atoms with Gasteiger partial charge in [-0.15, -0.1) is 6.58 Å². The van der Waals surface area contributed by atoms with Crippen LogP contribution in [-0.2, 0) is 11.3 Å². The minimum absolute atomic E-state index is 0.181. The van der Waals surface area contributed by atoms with Gasteiger partial charge in [0.2, 0.25) is 12.4 Å². The molecular weight excluding hydrogens is 556 g/mol. The summed E-state index contributed by atoms with van der Waals surface area (Å²) in [6.45, 7) is 13.6. The summed E-state index contributed by atoms with van der Waals surface area (Å²) in [7, 11) is 2.16. The van der Waals surface area contributed by atoms with Crippen LogP contribution < -0.4 is 15.8 Å². The summed E-state index contributed by atoms with van der Waals surface area (Å²) in [4.78, 5) is 39.5. The molecule has 0 bridgehead atoms. The fraction of sp³-hybridized carbons (Fsp3) is 0.406. The molecule has 1 aliphatic carbocycles. The van der Waals surface area contributed by atoms with E-state index in [9.17, 15) is 9.59 Å². The number of rotatable bonds is 10. The fourth-order valence-electron chi connectivity index (χ4n) is 5.71. The number of aromatic nitrogens is 5. The fourth-order valence-corrected chi connectivity index (χ4v) is 5.71. The Morgan fingerprint density at radius 2 is 1.98 bits per heavy atom. The van der Waals surface area contributed by atoms with Crippen molar-refractivity contribution >= 4 is 51.5 Å². The number of benzene rings is 1. The molecule has 0 radical (unpaired) electrons. The number of carbonyl (C=O) groups excluding carboxylic acids is 1. The van der Waals surface area contributed by atoms with Crippen LogP contribution in [0.5, 0.6) is 0 Å². The number of allylic oxidation sites excluding steroid dienone is 3. The van der Waals surface area contributed by atoms with E-state index < -0.39 is 0 Å². The van der Waals surface area contributed by atoms with Crippen molar-refractivity contribution in [2.24, 2.45) is 5.10 Å². The van der Waals surface area contributed by atoms with Crippen molar-refractivity contribution in [3.8, 4) is 0 Å². The molecule has 1 saturated carbocycles. The number of amides is 1. The number of anilines is 3. The van der Waals surface area contributed by atoms with E-state index in [4.69, 9.17) is 4.98 Å². The molecule has 4 aromatic rings. The molecule has 1 aliphatic heterocycles. The summed E-state index contributed by atoms with van der Waals surface area (Å²) in [6, 6.07) is 6.92. The Kier molecular flexibility index (Phi) is 8.09. The normalized spacial score (nSPS) is 16.5. The Labute approximate surface area is 256 Å². The zero-order valence-corrected chi connectivity index (χ0v) is 25.8. The van der Waals surface area contributed by atoms with Crippen LogP contribution in [-0.4, -0.2) is 85.3 Å². The van der Waals surface area contributed by atoms with Crippen LogP contribution in [0.4, 0.5) is 17.3 Å². The van der Waals surface area contributed by atoms with Gasteiger partial charge in [0.25, 0.3) is 5.56 Å². The van der Waals surface area contributed by atoms with Crippen LogP contribution >= 0.6 is 0 Å². The summed E-state index contributed by atoms with van der Waals surface area (Å²) in [5, 5.41) is 10.9. The molecule has 0 atom stereocenters. The molecule has 12 heteroatoms. The number of hydrazone groups is 1. The zero-order chi connectivity index (χ0) is 31.0. The van der Waals surface area contributed by atoms with Gasteiger partial charge in [-0.2, -0.15) is 10.1 Å². The number of piperazine rings is 1. The van der Waals surface area contributed by atoms with Crippen LogP contribution in [0.25, 0.3) is 21.9 Å². The lowest BCUT2D eigenvalue weighted by molar-refractivity contribution is -0.119. The Hall–Kier alpha value is -4.71. The molecule has 2 fully saturated rings. The Bertz CT molecular complexity index is 1820. The molecule has 230 valence electrons. The van der Waals surface area contributed by atoms with Crippen molar-refractivity contribution in [3.63, 3.8) is 0 Å². The summed E-state index contributed by atoms with van der Waals surface area (Å²) in [6.07, 6.45) is 12.0. The molecule has 0 spiro atoms. The van der Waals surface area contributed by atoms with Crippen molar-refractivity contribution in [2.45, 2.75) is 52.2 Å². The first-order valence-corrected chi connectivity index (χ1v) is 15.2. The molecule has 44 heavy (non-hydrogen) atoms. The van der Waals surface area contributed by atoms with Gasteiger partial charge in [-0.25, -0.2) is 19.4 Å². The lowest BCUT2D eigenvalue weighted by atomic mass is 10.1. The Morgan fingerprint density at radius 3 is 2.64 bits per heavy atom. The van der Waals surface area contributed by atoms with E-state index in [1.807, 2.05) is 20.8 Å². The van der Waals surface area contributed by atoms with Crippen molar-refractivity contribution in [2.75, 3.05) is 43.4 Å². The highest BCUT2D eigenvalue weighted by atomic mass is 16.1. The first-order chi connectivity index (χ1) is 21.3. The summed E-state index contributed by atoms with van der Waals surface area (Å²) in [5.41, 5.74) is 3.36. The van der Waals surface area contributed by atoms with E-state index in [-0.39, 0.29) is 18.1 Å². The van der Waals surface area contributed by atoms with Gasteiger partial charge in [-0.05, 0) is 64.9 Å². The van der Waals surface area contributed by atoms with Crippen LogP contribution in [0, 0.1) is 0 Å². The summed E-state index contributed by atoms with van der Waals surface area (Å²) < 4.78 is 5.51. The Balaban J connectivity index is 1.46. The van der Waals surface area contributed by atoms with Gasteiger partial charge in [-0.1, -0.05) is 12.2 Å². The number of nitrogens with zero attached hydrogens (tertiary/aromatic N) is 9. The maximum Gasteiger partial charge on any atom is 0.278 e. The second kappa shape index (κ2) is 12.1. The van der Waals surface area contributed by atoms with Gasteiger partial charge in [0.05, 0.1) is 12.1 Å². The van der Waals surface area contributed by atoms with Crippen LogP contribution in [0.2, 0.25) is 0 Å². The topological polar surface area (TPSA) is 109 Å². The van der Waals surface area contributed by atoms with Crippen molar-refractivity contribution < 1.29 is 4.79 Å². The largest absolute Gasteiger partial charge is 0.368 e. The number of nitrogens with one attached hydrogen (secondary N) is 1. The van der Waals surface area contributed by atoms with E-state index in [1.54, 1.807) is 29.1 Å². The molecule has 12 nitrogen and oxygen atoms in total. The first kappa shape index (κ1) is 29.4. The lowest BCUT2D eigenvalue weighted by Gasteiger charge is -2.34. The maximum absolute atomic E-state index is 13.5. The first-order valence-electron chi connectivity index (χ1n) is 15.2. The highest BCUT2D eigenvalue weighted by Gasteiger charge is 2.27. The smallest absolute Gasteiger partial charge is 0.278 e. The standard InChI is InChI=1S/C32H40N10O2/c1-6-8-29(36-40(21-43)22(3)4)42-30-26(31(44)41(42)12-7-2)20-33-32(35-30)34-23-18-27(38-16-14-37(5)15-17-38)25-11-13-39(24-9-10-24)28(25)19-23/h6-8,11,13,18-22,24H,2,9-10,12,14-17H2,1,3-5H3,(H,33,34,35)/b8-6-,36-29+. The average Bonchev–Trinajstić information content (AvgIpc) is 3.71. The van der Waals surface area contributed by atoms with Crippen LogP contribution in [0.1, 0.15) is 39.7 Å². The molecule has 6 rings (SSSR count). The molecule has 1 amide bonds. The molecule has 1 aromatic carbocycles. The van der Waals surface area contributed by atoms with E-state index in [0.717, 1.165) is 31.9 Å². The highest BCUT2D eigenvalue weighted by molar-refractivity contribution is 6.00. The SMILES string of the molecule is C=CCn1c(=O)c2cnc(Nc3cc(N4CCN(C)CC4)c4ccn(C5CC5)c4c3)nc2n1C(/C=C\C)=N/N(C=O)C(C)C. The summed E-state index contributed by atoms with van der Waals surface area (Å²) >= 11 is 0. The van der Waals surface area contributed by atoms with Crippen molar-refractivity contribution in [3.05, 3.63) is 65.8 Å². The molecule has 2 aliphatic rings. The van der Waals surface area contributed by atoms with E-state index in [2.05, 4.69) is 67.8 Å². The predicted octanol–water partition coefficient (Wildman–Crippen LogP) is 4.17. The molecule has 0 unspecified atom stereocenters. The maximum atomic E-state index is 13.5. The third-order valence-electron chi connectivity index (χ3n) is 8.22. The molecular formula is C32H40N10O2. The minimum atomic E-state index is -0.271. The van der Waals surface area contributed by atoms with Gasteiger partial charge in [-0.3, -0.25) is 9.59 Å². The van der Waals surface area contributed by atoms with Gasteiger partial charge in [0, 0.05) is 67.4 Å². The van der Waals surface area contributed by atoms with Gasteiger partial charge < -0.3 is 19.7 Å². The van der Waals surface area contributed by atoms with Crippen LogP contribution in [0.3, 0.4) is 0 Å².